The van der Waals surface area contributed by atoms with Crippen molar-refractivity contribution in [1.29, 1.82) is 0 Å². The van der Waals surface area contributed by atoms with Crippen molar-refractivity contribution in [3.63, 3.8) is 0 Å². The molecule has 0 aliphatic carbocycles. The number of aliphatic carboxylic acids is 1. The Morgan fingerprint density at radius 3 is 2.45 bits per heavy atom. The molecule has 0 spiro atoms. The van der Waals surface area contributed by atoms with Crippen LogP contribution in [0.5, 0.6) is 0 Å². The van der Waals surface area contributed by atoms with E-state index in [9.17, 15) is 4.79 Å². The van der Waals surface area contributed by atoms with Gasteiger partial charge in [0, 0.05) is 5.25 Å². The van der Waals surface area contributed by atoms with Gasteiger partial charge in [0.2, 0.25) is 0 Å². The highest BCUT2D eigenvalue weighted by atomic mass is 32.2. The van der Waals surface area contributed by atoms with E-state index in [1.165, 1.54) is 19.3 Å². The summed E-state index contributed by atoms with van der Waals surface area (Å²) in [5.74, 6) is 0.394. The lowest BCUT2D eigenvalue weighted by molar-refractivity contribution is -0.136. The fourth-order valence-electron chi connectivity index (χ4n) is 2.10. The molecule has 1 rings (SSSR count). The molecule has 0 aromatic rings. The number of allylic oxidation sites excluding steroid dienone is 6. The zero-order valence-electron chi connectivity index (χ0n) is 12.2. The normalized spacial score (nSPS) is 22.7. The van der Waals surface area contributed by atoms with Gasteiger partial charge >= 0.3 is 5.97 Å². The first-order valence-corrected chi connectivity index (χ1v) is 8.62. The molecule has 0 aromatic heterocycles. The van der Waals surface area contributed by atoms with E-state index in [0.717, 1.165) is 31.4 Å². The summed E-state index contributed by atoms with van der Waals surface area (Å²) in [7, 11) is 0. The van der Waals surface area contributed by atoms with Crippen LogP contribution in [-0.2, 0) is 4.79 Å². The van der Waals surface area contributed by atoms with Gasteiger partial charge in [0.25, 0.3) is 0 Å². The number of carboxylic acids is 1. The number of carboxylic acid groups (broad SMARTS) is 1. The number of hydrogen-bond acceptors (Lipinski definition) is 2. The molecule has 0 saturated heterocycles. The molecular formula is C17H26O2S. The standard InChI is InChI=1S/C17H26O2S/c18-17(19)15-16-13-11-9-7-5-3-1-2-4-6-8-10-12-14-20-16/h2-5,9,11,16H,1,6-8,10,12-15H2,(H,18,19). The molecule has 0 bridgehead atoms. The molecule has 1 atom stereocenters. The van der Waals surface area contributed by atoms with Gasteiger partial charge in [0.1, 0.15) is 0 Å². The summed E-state index contributed by atoms with van der Waals surface area (Å²) in [6, 6.07) is 0. The number of carbonyl (C=O) groups is 1. The van der Waals surface area contributed by atoms with E-state index in [4.69, 9.17) is 5.11 Å². The first-order valence-electron chi connectivity index (χ1n) is 7.57. The van der Waals surface area contributed by atoms with Crippen molar-refractivity contribution in [1.82, 2.24) is 0 Å². The smallest absolute Gasteiger partial charge is 0.304 e. The predicted molar refractivity (Wildman–Crippen MR) is 88.2 cm³/mol. The van der Waals surface area contributed by atoms with Crippen LogP contribution < -0.4 is 0 Å². The van der Waals surface area contributed by atoms with Crippen molar-refractivity contribution in [3.8, 4) is 0 Å². The Bertz CT molecular complexity index is 345. The number of rotatable bonds is 2. The lowest BCUT2D eigenvalue weighted by Crippen LogP contribution is -2.09. The van der Waals surface area contributed by atoms with Crippen LogP contribution >= 0.6 is 11.8 Å². The first-order chi connectivity index (χ1) is 9.79. The molecule has 20 heavy (non-hydrogen) atoms. The average molecular weight is 294 g/mol. The third-order valence-electron chi connectivity index (χ3n) is 3.21. The van der Waals surface area contributed by atoms with E-state index >= 15 is 0 Å². The van der Waals surface area contributed by atoms with Gasteiger partial charge < -0.3 is 5.11 Å². The minimum Gasteiger partial charge on any atom is -0.481 e. The van der Waals surface area contributed by atoms with E-state index in [-0.39, 0.29) is 11.7 Å². The van der Waals surface area contributed by atoms with Gasteiger partial charge in [0.15, 0.2) is 0 Å². The minimum absolute atomic E-state index is 0.223. The predicted octanol–water partition coefficient (Wildman–Crippen LogP) is 4.98. The fraction of sp³-hybridized carbons (Fsp3) is 0.588. The van der Waals surface area contributed by atoms with E-state index in [0.29, 0.717) is 0 Å². The number of hydrogen-bond donors (Lipinski definition) is 1. The molecule has 3 heteroatoms. The van der Waals surface area contributed by atoms with Gasteiger partial charge in [-0.3, -0.25) is 4.79 Å². The minimum atomic E-state index is -0.685. The molecule has 2 nitrogen and oxygen atoms in total. The average Bonchev–Trinajstić information content (AvgIpc) is 2.40. The lowest BCUT2D eigenvalue weighted by Gasteiger charge is -2.12. The molecular weight excluding hydrogens is 268 g/mol. The Hall–Kier alpha value is -0.960. The van der Waals surface area contributed by atoms with E-state index in [2.05, 4.69) is 36.5 Å². The van der Waals surface area contributed by atoms with Gasteiger partial charge in [0.05, 0.1) is 6.42 Å². The van der Waals surface area contributed by atoms with Gasteiger partial charge in [-0.15, -0.1) is 0 Å². The van der Waals surface area contributed by atoms with E-state index in [1.54, 1.807) is 0 Å². The molecule has 0 aromatic carbocycles. The van der Waals surface area contributed by atoms with Crippen LogP contribution in [0.2, 0.25) is 0 Å². The van der Waals surface area contributed by atoms with Crippen LogP contribution in [0.15, 0.2) is 36.5 Å². The Kier molecular flexibility index (Phi) is 10.1. The summed E-state index contributed by atoms with van der Waals surface area (Å²) in [4.78, 5) is 10.9. The highest BCUT2D eigenvalue weighted by Crippen LogP contribution is 2.21. The third kappa shape index (κ3) is 9.90. The van der Waals surface area contributed by atoms with Crippen molar-refractivity contribution in [2.45, 2.75) is 56.6 Å². The van der Waals surface area contributed by atoms with Gasteiger partial charge in [-0.2, -0.15) is 11.8 Å². The topological polar surface area (TPSA) is 37.3 Å². The third-order valence-corrected chi connectivity index (χ3v) is 4.57. The molecule has 0 radical (unpaired) electrons. The molecule has 0 amide bonds. The van der Waals surface area contributed by atoms with Crippen molar-refractivity contribution in [3.05, 3.63) is 36.5 Å². The maximum absolute atomic E-state index is 10.9. The van der Waals surface area contributed by atoms with Crippen LogP contribution in [0.1, 0.15) is 51.4 Å². The van der Waals surface area contributed by atoms with Gasteiger partial charge in [-0.1, -0.05) is 42.9 Å². The van der Waals surface area contributed by atoms with E-state index < -0.39 is 5.97 Å². The zero-order valence-corrected chi connectivity index (χ0v) is 13.0. The largest absolute Gasteiger partial charge is 0.481 e. The lowest BCUT2D eigenvalue weighted by atomic mass is 10.2. The summed E-state index contributed by atoms with van der Waals surface area (Å²) in [5.41, 5.74) is 0. The quantitative estimate of drug-likeness (QED) is 0.730. The second-order valence-corrected chi connectivity index (χ2v) is 6.47. The monoisotopic (exact) mass is 294 g/mol. The summed E-state index contributed by atoms with van der Waals surface area (Å²) in [6.45, 7) is 0. The fourth-order valence-corrected chi connectivity index (χ4v) is 3.32. The van der Waals surface area contributed by atoms with E-state index in [1.807, 2.05) is 11.8 Å². The molecule has 1 aliphatic heterocycles. The van der Waals surface area contributed by atoms with Crippen molar-refractivity contribution in [2.75, 3.05) is 5.75 Å². The molecule has 112 valence electrons. The zero-order chi connectivity index (χ0) is 14.5. The van der Waals surface area contributed by atoms with Crippen LogP contribution in [0.4, 0.5) is 0 Å². The van der Waals surface area contributed by atoms with Crippen molar-refractivity contribution >= 4 is 17.7 Å². The highest BCUT2D eigenvalue weighted by Gasteiger charge is 2.11. The Morgan fingerprint density at radius 2 is 1.70 bits per heavy atom. The molecule has 1 aliphatic rings. The Labute approximate surface area is 127 Å². The van der Waals surface area contributed by atoms with Crippen LogP contribution in [0.3, 0.4) is 0 Å². The Balaban J connectivity index is 2.44. The van der Waals surface area contributed by atoms with Crippen LogP contribution in [0.25, 0.3) is 0 Å². The Morgan fingerprint density at radius 1 is 1.00 bits per heavy atom. The second-order valence-electron chi connectivity index (χ2n) is 5.06. The van der Waals surface area contributed by atoms with Crippen molar-refractivity contribution in [2.24, 2.45) is 0 Å². The SMILES string of the molecule is O=C(O)CC1CC=CCC=CCC=CCCCCCS1. The second kappa shape index (κ2) is 11.8. The summed E-state index contributed by atoms with van der Waals surface area (Å²) < 4.78 is 0. The molecule has 0 fully saturated rings. The molecule has 1 unspecified atom stereocenters. The molecule has 1 N–H and O–H groups in total. The first kappa shape index (κ1) is 17.1. The highest BCUT2D eigenvalue weighted by molar-refractivity contribution is 7.99. The molecule has 1 heterocycles. The summed E-state index contributed by atoms with van der Waals surface area (Å²) >= 11 is 1.82. The van der Waals surface area contributed by atoms with Crippen LogP contribution in [-0.4, -0.2) is 22.1 Å². The molecule has 0 saturated carbocycles. The summed E-state index contributed by atoms with van der Waals surface area (Å²) in [6.07, 6.45) is 21.1. The van der Waals surface area contributed by atoms with Crippen molar-refractivity contribution < 1.29 is 9.90 Å². The summed E-state index contributed by atoms with van der Waals surface area (Å²) in [5, 5.41) is 9.17. The maximum atomic E-state index is 10.9. The van der Waals surface area contributed by atoms with Gasteiger partial charge in [-0.05, 0) is 44.3 Å². The number of thioether (sulfide) groups is 1. The van der Waals surface area contributed by atoms with Gasteiger partial charge in [-0.25, -0.2) is 0 Å². The maximum Gasteiger partial charge on any atom is 0.304 e. The van der Waals surface area contributed by atoms with Crippen LogP contribution in [0, 0.1) is 0 Å².